The minimum absolute atomic E-state index is 0.0853. The summed E-state index contributed by atoms with van der Waals surface area (Å²) < 4.78 is 0. The molecule has 0 radical (unpaired) electrons. The van der Waals surface area contributed by atoms with E-state index in [1.807, 2.05) is 12.1 Å². The summed E-state index contributed by atoms with van der Waals surface area (Å²) in [6.07, 6.45) is 0. The largest absolute Gasteiger partial charge is 0.506 e. The maximum absolute atomic E-state index is 12.3. The maximum Gasteiger partial charge on any atom is 0.243 e. The molecule has 3 rings (SSSR count). The quantitative estimate of drug-likeness (QED) is 0.798. The monoisotopic (exact) mass is 352 g/mol. The van der Waals surface area contributed by atoms with E-state index < -0.39 is 11.6 Å². The second kappa shape index (κ2) is 6.52. The molecule has 4 heteroatoms. The van der Waals surface area contributed by atoms with Crippen LogP contribution < -0.4 is 0 Å². The van der Waals surface area contributed by atoms with Gasteiger partial charge in [0.2, 0.25) is 11.6 Å². The van der Waals surface area contributed by atoms with Gasteiger partial charge >= 0.3 is 0 Å². The lowest BCUT2D eigenvalue weighted by Crippen LogP contribution is -2.22. The molecule has 2 aromatic carbocycles. The molecular weight excluding hydrogens is 332 g/mol. The second-order valence-electron chi connectivity index (χ2n) is 7.12. The van der Waals surface area contributed by atoms with Gasteiger partial charge in [0.05, 0.1) is 0 Å². The standard InChI is InChI=1S/C21H20O3S/c1-21(2,3)14-10-8-13(9-11-14)12-25-20-18(23)16-7-5-4-6-15(16)17(22)19(20)24/h4-11,23H,12H2,1-3H3. The molecule has 2 aromatic rings. The number of hydrogen-bond donors (Lipinski definition) is 1. The van der Waals surface area contributed by atoms with Crippen LogP contribution in [0.25, 0.3) is 5.76 Å². The molecule has 0 saturated carbocycles. The summed E-state index contributed by atoms with van der Waals surface area (Å²) >= 11 is 1.21. The van der Waals surface area contributed by atoms with Crippen molar-refractivity contribution in [3.8, 4) is 0 Å². The number of carbonyl (C=O) groups is 2. The van der Waals surface area contributed by atoms with Gasteiger partial charge in [-0.3, -0.25) is 9.59 Å². The molecule has 0 amide bonds. The highest BCUT2D eigenvalue weighted by Crippen LogP contribution is 2.35. The number of thioether (sulfide) groups is 1. The van der Waals surface area contributed by atoms with E-state index >= 15 is 0 Å². The number of rotatable bonds is 3. The van der Waals surface area contributed by atoms with Crippen molar-refractivity contribution < 1.29 is 14.7 Å². The number of Topliss-reactive ketones (excluding diaryl/α,β-unsaturated/α-hetero) is 2. The Morgan fingerprint density at radius 2 is 1.48 bits per heavy atom. The molecule has 0 atom stereocenters. The molecule has 0 fully saturated rings. The number of aliphatic hydroxyl groups excluding tert-OH is 1. The van der Waals surface area contributed by atoms with Gasteiger partial charge in [-0.05, 0) is 16.5 Å². The summed E-state index contributed by atoms with van der Waals surface area (Å²) in [5.41, 5.74) is 3.06. The Kier molecular flexibility index (Phi) is 4.56. The fourth-order valence-electron chi connectivity index (χ4n) is 2.73. The number of ketones is 2. The molecule has 0 bridgehead atoms. The summed E-state index contributed by atoms with van der Waals surface area (Å²) in [6.45, 7) is 6.47. The van der Waals surface area contributed by atoms with Crippen LogP contribution in [0.5, 0.6) is 0 Å². The number of aliphatic hydroxyl groups is 1. The van der Waals surface area contributed by atoms with Crippen molar-refractivity contribution in [2.45, 2.75) is 31.9 Å². The van der Waals surface area contributed by atoms with Gasteiger partial charge in [-0.1, -0.05) is 69.3 Å². The maximum atomic E-state index is 12.3. The van der Waals surface area contributed by atoms with Gasteiger partial charge in [-0.2, -0.15) is 0 Å². The fraction of sp³-hybridized carbons (Fsp3) is 0.238. The van der Waals surface area contributed by atoms with Crippen LogP contribution in [0.1, 0.15) is 47.8 Å². The lowest BCUT2D eigenvalue weighted by atomic mass is 9.87. The summed E-state index contributed by atoms with van der Waals surface area (Å²) in [7, 11) is 0. The van der Waals surface area contributed by atoms with E-state index in [2.05, 4.69) is 32.9 Å². The highest BCUT2D eigenvalue weighted by atomic mass is 32.2. The molecule has 3 nitrogen and oxygen atoms in total. The van der Waals surface area contributed by atoms with Crippen molar-refractivity contribution in [3.05, 3.63) is 75.7 Å². The summed E-state index contributed by atoms with van der Waals surface area (Å²) in [5.74, 6) is -0.770. The smallest absolute Gasteiger partial charge is 0.243 e. The van der Waals surface area contributed by atoms with Crippen LogP contribution in [0.4, 0.5) is 0 Å². The minimum atomic E-state index is -0.632. The Morgan fingerprint density at radius 3 is 2.08 bits per heavy atom. The van der Waals surface area contributed by atoms with Crippen LogP contribution in [-0.2, 0) is 16.0 Å². The topological polar surface area (TPSA) is 54.4 Å². The second-order valence-corrected chi connectivity index (χ2v) is 8.10. The third kappa shape index (κ3) is 3.40. The molecule has 0 spiro atoms. The first kappa shape index (κ1) is 17.5. The lowest BCUT2D eigenvalue weighted by Gasteiger charge is -2.19. The van der Waals surface area contributed by atoms with E-state index in [0.29, 0.717) is 11.3 Å². The third-order valence-corrected chi connectivity index (χ3v) is 5.40. The lowest BCUT2D eigenvalue weighted by molar-refractivity contribution is -0.111. The van der Waals surface area contributed by atoms with E-state index in [1.54, 1.807) is 24.3 Å². The van der Waals surface area contributed by atoms with Gasteiger partial charge in [-0.15, -0.1) is 11.8 Å². The first-order chi connectivity index (χ1) is 11.8. The summed E-state index contributed by atoms with van der Waals surface area (Å²) in [5, 5.41) is 10.4. The van der Waals surface area contributed by atoms with E-state index in [1.165, 1.54) is 17.3 Å². The zero-order chi connectivity index (χ0) is 18.2. The number of allylic oxidation sites excluding steroid dienone is 1. The van der Waals surface area contributed by atoms with Crippen molar-refractivity contribution in [2.75, 3.05) is 0 Å². The Balaban J connectivity index is 1.83. The fourth-order valence-corrected chi connectivity index (χ4v) is 3.71. The third-order valence-electron chi connectivity index (χ3n) is 4.26. The van der Waals surface area contributed by atoms with Crippen molar-refractivity contribution in [1.82, 2.24) is 0 Å². The van der Waals surface area contributed by atoms with Gasteiger partial charge in [0, 0.05) is 16.9 Å². The van der Waals surface area contributed by atoms with Crippen LogP contribution in [0, 0.1) is 0 Å². The van der Waals surface area contributed by atoms with Crippen LogP contribution in [-0.4, -0.2) is 16.7 Å². The van der Waals surface area contributed by atoms with Crippen LogP contribution in [0.3, 0.4) is 0 Å². The molecule has 0 saturated heterocycles. The van der Waals surface area contributed by atoms with Crippen molar-refractivity contribution in [3.63, 3.8) is 0 Å². The predicted octanol–water partition coefficient (Wildman–Crippen LogP) is 4.91. The molecular formula is C21H20O3S. The van der Waals surface area contributed by atoms with Gasteiger partial charge in [0.15, 0.2) is 0 Å². The normalized spacial score (nSPS) is 14.7. The van der Waals surface area contributed by atoms with Gasteiger partial charge < -0.3 is 5.11 Å². The van der Waals surface area contributed by atoms with E-state index in [0.717, 1.165) is 5.56 Å². The molecule has 1 N–H and O–H groups in total. The Bertz CT molecular complexity index is 871. The van der Waals surface area contributed by atoms with E-state index in [-0.39, 0.29) is 21.6 Å². The zero-order valence-corrected chi connectivity index (χ0v) is 15.3. The number of fused-ring (bicyclic) bond motifs is 1. The van der Waals surface area contributed by atoms with E-state index in [9.17, 15) is 14.7 Å². The zero-order valence-electron chi connectivity index (χ0n) is 14.5. The van der Waals surface area contributed by atoms with Crippen LogP contribution >= 0.6 is 11.8 Å². The van der Waals surface area contributed by atoms with Crippen LogP contribution in [0.2, 0.25) is 0 Å². The Morgan fingerprint density at radius 1 is 0.880 bits per heavy atom. The first-order valence-electron chi connectivity index (χ1n) is 8.13. The molecule has 0 unspecified atom stereocenters. The first-order valence-corrected chi connectivity index (χ1v) is 9.11. The summed E-state index contributed by atoms with van der Waals surface area (Å²) in [4.78, 5) is 24.7. The molecule has 1 aliphatic carbocycles. The highest BCUT2D eigenvalue weighted by Gasteiger charge is 2.32. The molecule has 1 aliphatic rings. The van der Waals surface area contributed by atoms with Gasteiger partial charge in [0.25, 0.3) is 0 Å². The number of benzene rings is 2. The molecule has 128 valence electrons. The van der Waals surface area contributed by atoms with Gasteiger partial charge in [-0.25, -0.2) is 0 Å². The van der Waals surface area contributed by atoms with Crippen molar-refractivity contribution in [1.29, 1.82) is 0 Å². The van der Waals surface area contributed by atoms with E-state index in [4.69, 9.17) is 0 Å². The average molecular weight is 352 g/mol. The Hall–Kier alpha value is -2.33. The van der Waals surface area contributed by atoms with Crippen molar-refractivity contribution >= 4 is 29.1 Å². The molecule has 25 heavy (non-hydrogen) atoms. The molecule has 0 aliphatic heterocycles. The van der Waals surface area contributed by atoms with Crippen molar-refractivity contribution in [2.24, 2.45) is 0 Å². The predicted molar refractivity (Wildman–Crippen MR) is 102 cm³/mol. The number of hydrogen-bond acceptors (Lipinski definition) is 4. The minimum Gasteiger partial charge on any atom is -0.506 e. The average Bonchev–Trinajstić information content (AvgIpc) is 2.59. The molecule has 0 aromatic heterocycles. The highest BCUT2D eigenvalue weighted by molar-refractivity contribution is 8.03. The Labute approximate surface area is 151 Å². The number of carbonyl (C=O) groups excluding carboxylic acids is 2. The molecule has 0 heterocycles. The SMILES string of the molecule is CC(C)(C)c1ccc(CSC2=C(O)c3ccccc3C(=O)C2=O)cc1. The van der Waals surface area contributed by atoms with Gasteiger partial charge in [0.1, 0.15) is 10.7 Å². The summed E-state index contributed by atoms with van der Waals surface area (Å²) in [6, 6.07) is 14.9. The van der Waals surface area contributed by atoms with Crippen LogP contribution in [0.15, 0.2) is 53.4 Å².